The molecular formula is C15H16ClN5O2. The average molecular weight is 334 g/mol. The summed E-state index contributed by atoms with van der Waals surface area (Å²) in [5.74, 6) is -0.316. The lowest BCUT2D eigenvalue weighted by atomic mass is 9.99. The van der Waals surface area contributed by atoms with E-state index in [-0.39, 0.29) is 29.6 Å². The van der Waals surface area contributed by atoms with E-state index in [1.54, 1.807) is 12.1 Å². The van der Waals surface area contributed by atoms with Crippen molar-refractivity contribution in [3.63, 3.8) is 0 Å². The summed E-state index contributed by atoms with van der Waals surface area (Å²) < 4.78 is 1.46. The lowest BCUT2D eigenvalue weighted by molar-refractivity contribution is -0.123. The summed E-state index contributed by atoms with van der Waals surface area (Å²) in [5.41, 5.74) is 0.855. The molecule has 1 aliphatic heterocycles. The molecule has 23 heavy (non-hydrogen) atoms. The number of piperidine rings is 1. The van der Waals surface area contributed by atoms with E-state index in [0.717, 1.165) is 0 Å². The highest BCUT2D eigenvalue weighted by atomic mass is 35.5. The van der Waals surface area contributed by atoms with Crippen LogP contribution in [-0.2, 0) is 4.79 Å². The monoisotopic (exact) mass is 333 g/mol. The number of nitrogens with one attached hydrogen (secondary N) is 2. The highest BCUT2D eigenvalue weighted by Gasteiger charge is 2.27. The summed E-state index contributed by atoms with van der Waals surface area (Å²) in [7, 11) is 0. The molecule has 2 aromatic rings. The fraction of sp³-hybridized carbons (Fsp3) is 0.333. The Labute approximate surface area is 138 Å². The predicted octanol–water partition coefficient (Wildman–Crippen LogP) is 1.32. The molecule has 1 aromatic heterocycles. The number of para-hydroxylation sites is 1. The summed E-state index contributed by atoms with van der Waals surface area (Å²) >= 11 is 6.11. The highest BCUT2D eigenvalue weighted by molar-refractivity contribution is 6.32. The Balaban J connectivity index is 1.72. The third-order valence-corrected chi connectivity index (χ3v) is 4.14. The van der Waals surface area contributed by atoms with Crippen LogP contribution in [0.3, 0.4) is 0 Å². The van der Waals surface area contributed by atoms with E-state index in [1.807, 2.05) is 19.1 Å². The molecule has 0 saturated carbocycles. The molecule has 8 heteroatoms. The van der Waals surface area contributed by atoms with Gasteiger partial charge in [-0.1, -0.05) is 28.9 Å². The number of halogens is 1. The Bertz CT molecular complexity index is 745. The molecule has 7 nitrogen and oxygen atoms in total. The van der Waals surface area contributed by atoms with Gasteiger partial charge in [0, 0.05) is 18.5 Å². The lowest BCUT2D eigenvalue weighted by Gasteiger charge is -2.29. The van der Waals surface area contributed by atoms with Crippen molar-refractivity contribution in [3.05, 3.63) is 41.2 Å². The first-order valence-corrected chi connectivity index (χ1v) is 7.70. The first-order valence-electron chi connectivity index (χ1n) is 7.32. The van der Waals surface area contributed by atoms with Gasteiger partial charge in [0.25, 0.3) is 5.91 Å². The molecule has 1 fully saturated rings. The third kappa shape index (κ3) is 3.34. The normalized spacial score (nSPS) is 20.9. The van der Waals surface area contributed by atoms with Crippen molar-refractivity contribution in [2.75, 3.05) is 0 Å². The number of rotatable bonds is 3. The van der Waals surface area contributed by atoms with Gasteiger partial charge >= 0.3 is 0 Å². The minimum absolute atomic E-state index is 0.00710. The number of hydrogen-bond donors (Lipinski definition) is 2. The van der Waals surface area contributed by atoms with Gasteiger partial charge in [0.05, 0.1) is 16.9 Å². The number of amides is 2. The summed E-state index contributed by atoms with van der Waals surface area (Å²) in [6, 6.07) is 6.94. The topological polar surface area (TPSA) is 88.9 Å². The van der Waals surface area contributed by atoms with Crippen molar-refractivity contribution in [1.82, 2.24) is 25.6 Å². The van der Waals surface area contributed by atoms with E-state index >= 15 is 0 Å². The van der Waals surface area contributed by atoms with Gasteiger partial charge in [-0.05, 0) is 25.5 Å². The Hall–Kier alpha value is -2.41. The molecule has 120 valence electrons. The van der Waals surface area contributed by atoms with Crippen LogP contribution in [0.25, 0.3) is 5.69 Å². The minimum Gasteiger partial charge on any atom is -0.352 e. The van der Waals surface area contributed by atoms with E-state index in [1.165, 1.54) is 10.9 Å². The number of nitrogens with zero attached hydrogens (tertiary/aromatic N) is 3. The zero-order valence-corrected chi connectivity index (χ0v) is 13.2. The largest absolute Gasteiger partial charge is 0.352 e. The van der Waals surface area contributed by atoms with Crippen LogP contribution in [0.15, 0.2) is 30.5 Å². The van der Waals surface area contributed by atoms with Crippen LogP contribution in [0, 0.1) is 0 Å². The first-order chi connectivity index (χ1) is 11.0. The molecular weight excluding hydrogens is 318 g/mol. The molecule has 2 amide bonds. The molecule has 2 atom stereocenters. The van der Waals surface area contributed by atoms with E-state index in [0.29, 0.717) is 23.6 Å². The zero-order chi connectivity index (χ0) is 16.4. The molecule has 1 aromatic carbocycles. The maximum absolute atomic E-state index is 12.3. The quantitative estimate of drug-likeness (QED) is 0.886. The molecule has 2 heterocycles. The van der Waals surface area contributed by atoms with E-state index < -0.39 is 0 Å². The van der Waals surface area contributed by atoms with Gasteiger partial charge in [0.2, 0.25) is 5.91 Å². The summed E-state index contributed by atoms with van der Waals surface area (Å²) in [4.78, 5) is 23.6. The minimum atomic E-state index is -0.323. The van der Waals surface area contributed by atoms with Crippen LogP contribution < -0.4 is 10.6 Å². The number of carbonyl (C=O) groups excluding carboxylic acids is 2. The Morgan fingerprint density at radius 3 is 2.96 bits per heavy atom. The van der Waals surface area contributed by atoms with Crippen LogP contribution in [0.2, 0.25) is 5.02 Å². The van der Waals surface area contributed by atoms with Gasteiger partial charge in [-0.2, -0.15) is 0 Å². The smallest absolute Gasteiger partial charge is 0.273 e. The molecule has 2 N–H and O–H groups in total. The number of benzene rings is 1. The molecule has 0 spiro atoms. The Morgan fingerprint density at radius 2 is 2.22 bits per heavy atom. The van der Waals surface area contributed by atoms with Crippen LogP contribution in [-0.4, -0.2) is 38.9 Å². The first kappa shape index (κ1) is 15.5. The summed E-state index contributed by atoms with van der Waals surface area (Å²) in [6.07, 6.45) is 2.54. The van der Waals surface area contributed by atoms with Crippen LogP contribution in [0.5, 0.6) is 0 Å². The van der Waals surface area contributed by atoms with Crippen molar-refractivity contribution >= 4 is 23.4 Å². The predicted molar refractivity (Wildman–Crippen MR) is 84.5 cm³/mol. The fourth-order valence-corrected chi connectivity index (χ4v) is 2.75. The Kier molecular flexibility index (Phi) is 4.29. The fourth-order valence-electron chi connectivity index (χ4n) is 2.53. The lowest BCUT2D eigenvalue weighted by Crippen LogP contribution is -2.54. The molecule has 3 rings (SSSR count). The summed E-state index contributed by atoms with van der Waals surface area (Å²) in [5, 5.41) is 14.1. The van der Waals surface area contributed by atoms with Gasteiger partial charge in [0.1, 0.15) is 0 Å². The van der Waals surface area contributed by atoms with Crippen molar-refractivity contribution in [2.24, 2.45) is 0 Å². The maximum atomic E-state index is 12.3. The van der Waals surface area contributed by atoms with Crippen molar-refractivity contribution in [3.8, 4) is 5.69 Å². The molecule has 0 radical (unpaired) electrons. The number of aromatic nitrogens is 3. The second-order valence-corrected chi connectivity index (χ2v) is 5.88. The Morgan fingerprint density at radius 1 is 1.43 bits per heavy atom. The van der Waals surface area contributed by atoms with Gasteiger partial charge in [-0.15, -0.1) is 5.10 Å². The zero-order valence-electron chi connectivity index (χ0n) is 12.5. The standard InChI is InChI=1S/C15H16ClN5O2/c1-9-11(6-7-14(22)17-9)18-15(23)12-8-21(20-19-12)13-5-3-2-4-10(13)16/h2-5,8-9,11H,6-7H2,1H3,(H,17,22)(H,18,23). The van der Waals surface area contributed by atoms with E-state index in [2.05, 4.69) is 20.9 Å². The van der Waals surface area contributed by atoms with Crippen LogP contribution >= 0.6 is 11.6 Å². The van der Waals surface area contributed by atoms with Gasteiger partial charge in [0.15, 0.2) is 5.69 Å². The van der Waals surface area contributed by atoms with Crippen LogP contribution in [0.4, 0.5) is 0 Å². The van der Waals surface area contributed by atoms with Gasteiger partial charge in [-0.25, -0.2) is 4.68 Å². The molecule has 0 aliphatic carbocycles. The van der Waals surface area contributed by atoms with Gasteiger partial charge in [-0.3, -0.25) is 9.59 Å². The number of carbonyl (C=O) groups is 2. The molecule has 1 saturated heterocycles. The second kappa shape index (κ2) is 6.37. The van der Waals surface area contributed by atoms with Gasteiger partial charge < -0.3 is 10.6 Å². The van der Waals surface area contributed by atoms with Crippen LogP contribution in [0.1, 0.15) is 30.3 Å². The van der Waals surface area contributed by atoms with E-state index in [4.69, 9.17) is 11.6 Å². The molecule has 2 unspecified atom stereocenters. The highest BCUT2D eigenvalue weighted by Crippen LogP contribution is 2.18. The third-order valence-electron chi connectivity index (χ3n) is 3.82. The van der Waals surface area contributed by atoms with Crippen molar-refractivity contribution in [2.45, 2.75) is 31.8 Å². The van der Waals surface area contributed by atoms with E-state index in [9.17, 15) is 9.59 Å². The number of hydrogen-bond acceptors (Lipinski definition) is 4. The average Bonchev–Trinajstić information content (AvgIpc) is 3.00. The molecule has 0 bridgehead atoms. The SMILES string of the molecule is CC1NC(=O)CCC1NC(=O)c1cn(-c2ccccc2Cl)nn1. The maximum Gasteiger partial charge on any atom is 0.273 e. The molecule has 1 aliphatic rings. The second-order valence-electron chi connectivity index (χ2n) is 5.47. The summed E-state index contributed by atoms with van der Waals surface area (Å²) in [6.45, 7) is 1.86. The van der Waals surface area contributed by atoms with Crippen molar-refractivity contribution in [1.29, 1.82) is 0 Å². The van der Waals surface area contributed by atoms with Crippen molar-refractivity contribution < 1.29 is 9.59 Å².